The fourth-order valence-corrected chi connectivity index (χ4v) is 1.70. The summed E-state index contributed by atoms with van der Waals surface area (Å²) in [5, 5.41) is 0. The van der Waals surface area contributed by atoms with Gasteiger partial charge in [0.05, 0.1) is 6.10 Å². The van der Waals surface area contributed by atoms with E-state index < -0.39 is 0 Å². The van der Waals surface area contributed by atoms with Crippen molar-refractivity contribution in [3.63, 3.8) is 0 Å². The summed E-state index contributed by atoms with van der Waals surface area (Å²) < 4.78 is 0. The zero-order chi connectivity index (χ0) is 11.4. The maximum atomic E-state index is 5.43. The van der Waals surface area contributed by atoms with Crippen molar-refractivity contribution in [3.05, 3.63) is 23.8 Å². The van der Waals surface area contributed by atoms with Gasteiger partial charge in [-0.15, -0.1) is 0 Å². The predicted molar refractivity (Wildman–Crippen MR) is 62.4 cm³/mol. The maximum absolute atomic E-state index is 5.43. The van der Waals surface area contributed by atoms with E-state index in [0.717, 1.165) is 12.8 Å². The van der Waals surface area contributed by atoms with Gasteiger partial charge in [0.1, 0.15) is 6.10 Å². The van der Waals surface area contributed by atoms with Gasteiger partial charge in [-0.25, -0.2) is 9.78 Å². The van der Waals surface area contributed by atoms with E-state index in [9.17, 15) is 0 Å². The van der Waals surface area contributed by atoms with Gasteiger partial charge < -0.3 is 0 Å². The van der Waals surface area contributed by atoms with E-state index in [1.807, 2.05) is 13.8 Å². The van der Waals surface area contributed by atoms with Gasteiger partial charge in [0.15, 0.2) is 0 Å². The number of hydrogen-bond donors (Lipinski definition) is 0. The standard InChI is InChI=1S/C13H22O2/c1-9(2)12-7-6-11(5)13(8-12)15-14-10(3)4/h6,10,12-13H,1,7-8H2,2-5H3. The quantitative estimate of drug-likeness (QED) is 0.400. The fourth-order valence-electron chi connectivity index (χ4n) is 1.70. The lowest BCUT2D eigenvalue weighted by Crippen LogP contribution is -2.24. The Kier molecular flexibility index (Phi) is 4.55. The molecule has 0 amide bonds. The lowest BCUT2D eigenvalue weighted by Gasteiger charge is -2.28. The van der Waals surface area contributed by atoms with Crippen LogP contribution >= 0.6 is 0 Å². The van der Waals surface area contributed by atoms with Crippen LogP contribution in [0.5, 0.6) is 0 Å². The third kappa shape index (κ3) is 3.80. The minimum absolute atomic E-state index is 0.0999. The van der Waals surface area contributed by atoms with Crippen molar-refractivity contribution >= 4 is 0 Å². The molecule has 1 aliphatic rings. The summed E-state index contributed by atoms with van der Waals surface area (Å²) in [6.45, 7) is 12.1. The molecule has 0 heterocycles. The molecule has 0 aromatic carbocycles. The summed E-state index contributed by atoms with van der Waals surface area (Å²) in [4.78, 5) is 10.6. The molecule has 2 unspecified atom stereocenters. The zero-order valence-corrected chi connectivity index (χ0v) is 10.2. The first-order valence-electron chi connectivity index (χ1n) is 5.65. The second kappa shape index (κ2) is 5.47. The Labute approximate surface area is 92.9 Å². The highest BCUT2D eigenvalue weighted by Gasteiger charge is 2.24. The van der Waals surface area contributed by atoms with Gasteiger partial charge in [0.2, 0.25) is 0 Å². The van der Waals surface area contributed by atoms with Crippen LogP contribution in [0.4, 0.5) is 0 Å². The van der Waals surface area contributed by atoms with Crippen LogP contribution in [0, 0.1) is 5.92 Å². The van der Waals surface area contributed by atoms with Crippen molar-refractivity contribution < 1.29 is 9.78 Å². The molecule has 15 heavy (non-hydrogen) atoms. The van der Waals surface area contributed by atoms with Crippen LogP contribution in [0.3, 0.4) is 0 Å². The molecule has 0 aromatic rings. The molecule has 0 saturated carbocycles. The Morgan fingerprint density at radius 1 is 1.53 bits per heavy atom. The van der Waals surface area contributed by atoms with Gasteiger partial charge in [0, 0.05) is 0 Å². The molecule has 0 radical (unpaired) electrons. The Bertz CT molecular complexity index is 253. The van der Waals surface area contributed by atoms with Crippen LogP contribution in [0.1, 0.15) is 40.5 Å². The first kappa shape index (κ1) is 12.5. The second-order valence-corrected chi connectivity index (χ2v) is 4.69. The molecule has 2 heteroatoms. The largest absolute Gasteiger partial charge is 0.233 e. The Morgan fingerprint density at radius 2 is 2.20 bits per heavy atom. The van der Waals surface area contributed by atoms with Crippen LogP contribution in [0.15, 0.2) is 23.8 Å². The van der Waals surface area contributed by atoms with Crippen molar-refractivity contribution in [3.8, 4) is 0 Å². The van der Waals surface area contributed by atoms with Gasteiger partial charge in [-0.1, -0.05) is 18.2 Å². The normalized spacial score (nSPS) is 26.6. The number of hydrogen-bond acceptors (Lipinski definition) is 2. The summed E-state index contributed by atoms with van der Waals surface area (Å²) in [6, 6.07) is 0. The Hall–Kier alpha value is -0.600. The average Bonchev–Trinajstić information content (AvgIpc) is 2.16. The lowest BCUT2D eigenvalue weighted by atomic mass is 9.84. The van der Waals surface area contributed by atoms with Crippen LogP contribution in [0.25, 0.3) is 0 Å². The molecule has 0 aliphatic heterocycles. The third-order valence-corrected chi connectivity index (χ3v) is 2.79. The van der Waals surface area contributed by atoms with Crippen molar-refractivity contribution in [2.24, 2.45) is 5.92 Å². The van der Waals surface area contributed by atoms with Crippen LogP contribution in [-0.4, -0.2) is 12.2 Å². The summed E-state index contributed by atoms with van der Waals surface area (Å²) in [5.74, 6) is 0.537. The van der Waals surface area contributed by atoms with E-state index in [0.29, 0.717) is 5.92 Å². The minimum atomic E-state index is 0.0999. The van der Waals surface area contributed by atoms with E-state index >= 15 is 0 Å². The molecule has 0 spiro atoms. The van der Waals surface area contributed by atoms with E-state index in [-0.39, 0.29) is 12.2 Å². The Morgan fingerprint density at radius 3 is 2.73 bits per heavy atom. The highest BCUT2D eigenvalue weighted by Crippen LogP contribution is 2.30. The molecule has 0 bridgehead atoms. The monoisotopic (exact) mass is 210 g/mol. The topological polar surface area (TPSA) is 18.5 Å². The third-order valence-electron chi connectivity index (χ3n) is 2.79. The minimum Gasteiger partial charge on any atom is -0.233 e. The number of allylic oxidation sites excluding steroid dienone is 2. The van der Waals surface area contributed by atoms with Gasteiger partial charge in [0.25, 0.3) is 0 Å². The molecular weight excluding hydrogens is 188 g/mol. The molecule has 0 saturated heterocycles. The fraction of sp³-hybridized carbons (Fsp3) is 0.692. The summed E-state index contributed by atoms with van der Waals surface area (Å²) in [7, 11) is 0. The predicted octanol–water partition coefficient (Wildman–Crippen LogP) is 3.64. The molecule has 0 N–H and O–H groups in total. The van der Waals surface area contributed by atoms with Crippen LogP contribution < -0.4 is 0 Å². The SMILES string of the molecule is C=C(C)C1CC=C(C)C(OOC(C)C)C1. The van der Waals surface area contributed by atoms with Crippen molar-refractivity contribution in [2.75, 3.05) is 0 Å². The maximum Gasteiger partial charge on any atom is 0.114 e. The molecule has 86 valence electrons. The molecule has 1 rings (SSSR count). The molecule has 2 atom stereocenters. The van der Waals surface area contributed by atoms with Crippen molar-refractivity contribution in [1.82, 2.24) is 0 Å². The van der Waals surface area contributed by atoms with Gasteiger partial charge in [-0.3, -0.25) is 0 Å². The van der Waals surface area contributed by atoms with E-state index in [4.69, 9.17) is 9.78 Å². The van der Waals surface area contributed by atoms with Gasteiger partial charge >= 0.3 is 0 Å². The first-order chi connectivity index (χ1) is 7.00. The molecule has 1 aliphatic carbocycles. The molecular formula is C13H22O2. The highest BCUT2D eigenvalue weighted by atomic mass is 17.2. The Balaban J connectivity index is 2.52. The second-order valence-electron chi connectivity index (χ2n) is 4.69. The van der Waals surface area contributed by atoms with Crippen molar-refractivity contribution in [2.45, 2.75) is 52.7 Å². The van der Waals surface area contributed by atoms with Gasteiger partial charge in [-0.2, -0.15) is 0 Å². The van der Waals surface area contributed by atoms with E-state index in [1.165, 1.54) is 11.1 Å². The van der Waals surface area contributed by atoms with Crippen molar-refractivity contribution in [1.29, 1.82) is 0 Å². The number of rotatable bonds is 4. The summed E-state index contributed by atoms with van der Waals surface area (Å²) in [5.41, 5.74) is 2.50. The van der Waals surface area contributed by atoms with Crippen LogP contribution in [-0.2, 0) is 9.78 Å². The molecule has 0 fully saturated rings. The molecule has 2 nitrogen and oxygen atoms in total. The van der Waals surface area contributed by atoms with Gasteiger partial charge in [-0.05, 0) is 52.0 Å². The van der Waals surface area contributed by atoms with E-state index in [1.54, 1.807) is 0 Å². The average molecular weight is 210 g/mol. The highest BCUT2D eigenvalue weighted by molar-refractivity contribution is 5.14. The van der Waals surface area contributed by atoms with Crippen LogP contribution in [0.2, 0.25) is 0 Å². The first-order valence-corrected chi connectivity index (χ1v) is 5.65. The smallest absolute Gasteiger partial charge is 0.114 e. The summed E-state index contributed by atoms with van der Waals surface area (Å²) in [6.07, 6.45) is 4.52. The van der Waals surface area contributed by atoms with E-state index in [2.05, 4.69) is 26.5 Å². The zero-order valence-electron chi connectivity index (χ0n) is 10.2. The lowest BCUT2D eigenvalue weighted by molar-refractivity contribution is -0.339. The molecule has 0 aromatic heterocycles. The summed E-state index contributed by atoms with van der Waals surface area (Å²) >= 11 is 0.